The Morgan fingerprint density at radius 1 is 1.00 bits per heavy atom. The summed E-state index contributed by atoms with van der Waals surface area (Å²) in [4.78, 5) is 23.3. The molecule has 1 aliphatic rings. The first-order chi connectivity index (χ1) is 18.5. The third-order valence-electron chi connectivity index (χ3n) is 5.70. The molecule has 1 fully saturated rings. The third-order valence-corrected chi connectivity index (χ3v) is 5.70. The summed E-state index contributed by atoms with van der Waals surface area (Å²) in [6.07, 6.45) is -2.83. The van der Waals surface area contributed by atoms with Gasteiger partial charge in [0.1, 0.15) is 35.9 Å². The SMILES string of the molecule is COc1cc(/C=C/C(=O)/C=C(O)/C=C/c2ccc(OC3OC(C(=O)[O-])[C@@H](O)[C@@H](O)C3O)c(CO)c2)ccc1[OH2+]. The number of aliphatic hydroxyl groups excluding tert-OH is 5. The summed E-state index contributed by atoms with van der Waals surface area (Å²) in [5.41, 5.74) is 1.30. The molecule has 3 unspecified atom stereocenters. The van der Waals surface area contributed by atoms with Crippen molar-refractivity contribution in [3.05, 3.63) is 77.1 Å². The van der Waals surface area contributed by atoms with E-state index in [-0.39, 0.29) is 22.8 Å². The molecule has 0 aromatic heterocycles. The number of carboxylic acid groups (broad SMARTS) is 1. The summed E-state index contributed by atoms with van der Waals surface area (Å²) < 4.78 is 15.5. The molecule has 0 saturated carbocycles. The van der Waals surface area contributed by atoms with Gasteiger partial charge < -0.3 is 54.8 Å². The molecule has 2 aromatic rings. The Labute approximate surface area is 222 Å². The topological polar surface area (TPSA) is 209 Å². The number of ketones is 1. The van der Waals surface area contributed by atoms with Gasteiger partial charge in [0.25, 0.3) is 5.75 Å². The van der Waals surface area contributed by atoms with Crippen molar-refractivity contribution in [2.24, 2.45) is 0 Å². The van der Waals surface area contributed by atoms with Crippen LogP contribution in [0.25, 0.3) is 12.2 Å². The molecule has 1 aliphatic heterocycles. The van der Waals surface area contributed by atoms with Crippen LogP contribution in [0.3, 0.4) is 0 Å². The zero-order valence-electron chi connectivity index (χ0n) is 20.6. The van der Waals surface area contributed by atoms with Crippen molar-refractivity contribution >= 4 is 23.9 Å². The number of ether oxygens (including phenoxy) is 3. The number of carbonyl (C=O) groups is 2. The Hall–Kier alpha value is -4.20. The monoisotopic (exact) mass is 544 g/mol. The van der Waals surface area contributed by atoms with Crippen molar-refractivity contribution in [2.45, 2.75) is 37.3 Å². The van der Waals surface area contributed by atoms with Crippen molar-refractivity contribution in [3.63, 3.8) is 0 Å². The first-order valence-electron chi connectivity index (χ1n) is 11.6. The van der Waals surface area contributed by atoms with E-state index in [4.69, 9.17) is 19.3 Å². The first kappa shape index (κ1) is 29.4. The van der Waals surface area contributed by atoms with E-state index in [1.54, 1.807) is 12.1 Å². The third kappa shape index (κ3) is 7.44. The smallest absolute Gasteiger partial charge is 0.296 e. The lowest BCUT2D eigenvalue weighted by Crippen LogP contribution is -2.63. The molecule has 12 nitrogen and oxygen atoms in total. The molecule has 2 aromatic carbocycles. The van der Waals surface area contributed by atoms with Crippen LogP contribution < -0.4 is 14.6 Å². The fourth-order valence-corrected chi connectivity index (χ4v) is 3.62. The summed E-state index contributed by atoms with van der Waals surface area (Å²) in [6, 6.07) is 9.09. The molecule has 0 aliphatic carbocycles. The van der Waals surface area contributed by atoms with E-state index in [0.717, 1.165) is 6.08 Å². The van der Waals surface area contributed by atoms with Crippen molar-refractivity contribution in [1.82, 2.24) is 0 Å². The summed E-state index contributed by atoms with van der Waals surface area (Å²) in [5.74, 6) is -2.11. The zero-order valence-corrected chi connectivity index (χ0v) is 20.6. The average Bonchev–Trinajstić information content (AvgIpc) is 2.91. The molecule has 7 N–H and O–H groups in total. The summed E-state index contributed by atoms with van der Waals surface area (Å²) in [7, 11) is 1.43. The van der Waals surface area contributed by atoms with E-state index in [0.29, 0.717) is 16.9 Å². The molecule has 12 heteroatoms. The lowest BCUT2D eigenvalue weighted by Gasteiger charge is -2.40. The number of methoxy groups -OCH3 is 1. The van der Waals surface area contributed by atoms with Crippen LogP contribution in [-0.2, 0) is 20.9 Å². The number of aliphatic carboxylic acids is 1. The maximum Gasteiger partial charge on any atom is 0.296 e. The maximum absolute atomic E-state index is 12.1. The highest BCUT2D eigenvalue weighted by molar-refractivity contribution is 6.02. The summed E-state index contributed by atoms with van der Waals surface area (Å²) >= 11 is 0. The van der Waals surface area contributed by atoms with Gasteiger partial charge in [0.2, 0.25) is 12.0 Å². The highest BCUT2D eigenvalue weighted by Gasteiger charge is 2.45. The first-order valence-corrected chi connectivity index (χ1v) is 11.6. The molecule has 0 amide bonds. The predicted molar refractivity (Wildman–Crippen MR) is 135 cm³/mol. The minimum absolute atomic E-state index is 0.00505. The van der Waals surface area contributed by atoms with Crippen molar-refractivity contribution in [3.8, 4) is 17.2 Å². The molecule has 39 heavy (non-hydrogen) atoms. The second-order valence-electron chi connectivity index (χ2n) is 8.46. The van der Waals surface area contributed by atoms with Gasteiger partial charge in [0.15, 0.2) is 5.78 Å². The Morgan fingerprint density at radius 3 is 2.33 bits per heavy atom. The highest BCUT2D eigenvalue weighted by Crippen LogP contribution is 2.28. The second-order valence-corrected chi connectivity index (χ2v) is 8.46. The predicted octanol–water partition coefficient (Wildman–Crippen LogP) is -0.701. The summed E-state index contributed by atoms with van der Waals surface area (Å²) in [5, 5.41) is 68.5. The number of aliphatic hydroxyl groups is 5. The molecule has 5 atom stereocenters. The van der Waals surface area contributed by atoms with Crippen molar-refractivity contribution in [2.75, 3.05) is 7.11 Å². The van der Waals surface area contributed by atoms with E-state index in [2.05, 4.69) is 0 Å². The lowest BCUT2D eigenvalue weighted by atomic mass is 9.99. The Bertz CT molecular complexity index is 1280. The van der Waals surface area contributed by atoms with Gasteiger partial charge in [0.05, 0.1) is 19.7 Å². The van der Waals surface area contributed by atoms with Crippen LogP contribution in [0.5, 0.6) is 17.2 Å². The lowest BCUT2D eigenvalue weighted by molar-refractivity contribution is -0.342. The second kappa shape index (κ2) is 13.0. The van der Waals surface area contributed by atoms with Gasteiger partial charge in [-0.3, -0.25) is 4.79 Å². The van der Waals surface area contributed by atoms with Crippen LogP contribution in [-0.4, -0.2) is 80.2 Å². The van der Waals surface area contributed by atoms with Gasteiger partial charge in [-0.25, -0.2) is 0 Å². The van der Waals surface area contributed by atoms with Crippen LogP contribution in [0, 0.1) is 0 Å². The van der Waals surface area contributed by atoms with Crippen molar-refractivity contribution < 1.29 is 59.5 Å². The Morgan fingerprint density at radius 2 is 1.67 bits per heavy atom. The minimum Gasteiger partial charge on any atom is -0.591 e. The number of carboxylic acids is 1. The molecular formula is C27H28O12. The van der Waals surface area contributed by atoms with E-state index in [1.807, 2.05) is 0 Å². The summed E-state index contributed by atoms with van der Waals surface area (Å²) in [6.45, 7) is -0.536. The van der Waals surface area contributed by atoms with E-state index in [9.17, 15) is 40.2 Å². The largest absolute Gasteiger partial charge is 0.591 e. The number of hydrogen-bond acceptors (Lipinski definition) is 11. The Kier molecular flexibility index (Phi) is 9.82. The van der Waals surface area contributed by atoms with Gasteiger partial charge >= 0.3 is 0 Å². The van der Waals surface area contributed by atoms with Gasteiger partial charge in [-0.2, -0.15) is 0 Å². The van der Waals surface area contributed by atoms with Crippen LogP contribution in [0.15, 0.2) is 60.4 Å². The van der Waals surface area contributed by atoms with Crippen LogP contribution in [0.2, 0.25) is 0 Å². The molecule has 3 rings (SSSR count). The fourth-order valence-electron chi connectivity index (χ4n) is 3.62. The minimum atomic E-state index is -1.95. The van der Waals surface area contributed by atoms with Crippen LogP contribution in [0.4, 0.5) is 0 Å². The molecule has 208 valence electrons. The maximum atomic E-state index is 12.1. The van der Waals surface area contributed by atoms with Gasteiger partial charge in [0, 0.05) is 17.7 Å². The molecular weight excluding hydrogens is 516 g/mol. The number of hydrogen-bond donors (Lipinski definition) is 5. The molecule has 1 saturated heterocycles. The average molecular weight is 545 g/mol. The van der Waals surface area contributed by atoms with Gasteiger partial charge in [-0.1, -0.05) is 18.2 Å². The van der Waals surface area contributed by atoms with Gasteiger partial charge in [-0.15, -0.1) is 0 Å². The van der Waals surface area contributed by atoms with E-state index in [1.165, 1.54) is 55.7 Å². The Balaban J connectivity index is 1.68. The normalized spacial score (nSPS) is 23.7. The number of carbonyl (C=O) groups excluding carboxylic acids is 2. The number of benzene rings is 2. The number of allylic oxidation sites excluding steroid dienone is 3. The zero-order chi connectivity index (χ0) is 28.7. The standard InChI is InChI=1S/C27H28O12/c1-37-21-11-15(4-8-19(21)31)3-7-18(30)12-17(29)6-2-14-5-9-20(16(10-14)13-28)38-27-24(34)22(32)23(33)25(39-27)26(35)36/h2-12,22-25,27-29,31-34H,13H2,1H3,(H,35,36)/b6-2+,7-3+,17-12-/t22-,23+,24?,25?,27?/m1/s1. The van der Waals surface area contributed by atoms with E-state index >= 15 is 0 Å². The molecule has 1 heterocycles. The molecule has 0 bridgehead atoms. The van der Waals surface area contributed by atoms with Crippen molar-refractivity contribution in [1.29, 1.82) is 0 Å². The number of rotatable bonds is 10. The van der Waals surface area contributed by atoms with Crippen LogP contribution in [0.1, 0.15) is 16.7 Å². The van der Waals surface area contributed by atoms with Gasteiger partial charge in [-0.05, 0) is 47.5 Å². The molecule has 0 spiro atoms. The molecule has 0 radical (unpaired) electrons. The van der Waals surface area contributed by atoms with Crippen LogP contribution >= 0.6 is 0 Å². The quantitative estimate of drug-likeness (QED) is 0.109. The highest BCUT2D eigenvalue weighted by atomic mass is 16.7. The van der Waals surface area contributed by atoms with E-state index < -0.39 is 49.1 Å². The fraction of sp³-hybridized carbons (Fsp3) is 0.259.